The van der Waals surface area contributed by atoms with Crippen LogP contribution in [0.3, 0.4) is 0 Å². The highest BCUT2D eigenvalue weighted by molar-refractivity contribution is 7.14. The first kappa shape index (κ1) is 34.0. The minimum Gasteiger partial charge on any atom is -0.481 e. The lowest BCUT2D eigenvalue weighted by Crippen LogP contribution is -2.52. The molecule has 246 valence electrons. The number of carboxylic acid groups (broad SMARTS) is 1. The van der Waals surface area contributed by atoms with Crippen molar-refractivity contribution in [2.45, 2.75) is 90.1 Å². The molecule has 3 atom stereocenters. The van der Waals surface area contributed by atoms with Gasteiger partial charge >= 0.3 is 5.97 Å². The van der Waals surface area contributed by atoms with Gasteiger partial charge in [-0.1, -0.05) is 96.5 Å². The Bertz CT molecular complexity index is 1720. The van der Waals surface area contributed by atoms with Crippen LogP contribution >= 0.6 is 11.3 Å². The normalized spacial score (nSPS) is 17.2. The van der Waals surface area contributed by atoms with Gasteiger partial charge in [-0.2, -0.15) is 0 Å². The molecule has 8 nitrogen and oxygen atoms in total. The van der Waals surface area contributed by atoms with E-state index < -0.39 is 24.0 Å². The zero-order chi connectivity index (χ0) is 33.9. The van der Waals surface area contributed by atoms with Crippen molar-refractivity contribution in [1.82, 2.24) is 20.6 Å². The highest BCUT2D eigenvalue weighted by Gasteiger charge is 2.35. The number of carbonyl (C=O) groups excluding carboxylic acids is 2. The maximum absolute atomic E-state index is 13.6. The number of amides is 2. The molecule has 0 spiro atoms. The van der Waals surface area contributed by atoms with Crippen LogP contribution in [0.15, 0.2) is 73.1 Å². The number of thiophene rings is 1. The SMILES string of the molecule is CC(C)(C)c1ccc(-c2cnc(-c3ccc(C[C@H](NC(=O)c4ccc(C(C)(C)C)s4)C(=O)N[C@H]4CCC[C@H]4C(=O)O)cc3)nc2)cc1. The molecule has 0 unspecified atom stereocenters. The second-order valence-electron chi connectivity index (χ2n) is 14.5. The van der Waals surface area contributed by atoms with Gasteiger partial charge in [0.1, 0.15) is 6.04 Å². The molecule has 2 amide bonds. The van der Waals surface area contributed by atoms with Crippen molar-refractivity contribution in [2.75, 3.05) is 0 Å². The number of benzene rings is 2. The lowest BCUT2D eigenvalue weighted by molar-refractivity contribution is -0.142. The minimum absolute atomic E-state index is 0.0834. The van der Waals surface area contributed by atoms with Crippen LogP contribution in [0.4, 0.5) is 0 Å². The number of hydrogen-bond donors (Lipinski definition) is 3. The van der Waals surface area contributed by atoms with Crippen LogP contribution in [0.5, 0.6) is 0 Å². The van der Waals surface area contributed by atoms with E-state index in [1.807, 2.05) is 42.7 Å². The fourth-order valence-corrected chi connectivity index (χ4v) is 6.79. The first-order chi connectivity index (χ1) is 22.2. The minimum atomic E-state index is -0.911. The number of carboxylic acids is 1. The Labute approximate surface area is 281 Å². The highest BCUT2D eigenvalue weighted by atomic mass is 32.1. The molecule has 9 heteroatoms. The molecule has 3 N–H and O–H groups in total. The summed E-state index contributed by atoms with van der Waals surface area (Å²) in [5, 5.41) is 15.5. The van der Waals surface area contributed by atoms with E-state index >= 15 is 0 Å². The lowest BCUT2D eigenvalue weighted by atomic mass is 9.86. The summed E-state index contributed by atoms with van der Waals surface area (Å²) < 4.78 is 0. The third-order valence-electron chi connectivity index (χ3n) is 8.74. The Morgan fingerprint density at radius 1 is 0.830 bits per heavy atom. The van der Waals surface area contributed by atoms with E-state index in [9.17, 15) is 19.5 Å². The van der Waals surface area contributed by atoms with E-state index in [-0.39, 0.29) is 29.1 Å². The Morgan fingerprint density at radius 2 is 1.47 bits per heavy atom. The van der Waals surface area contributed by atoms with Gasteiger partial charge in [0.2, 0.25) is 5.91 Å². The second-order valence-corrected chi connectivity index (χ2v) is 15.5. The zero-order valence-corrected chi connectivity index (χ0v) is 28.8. The number of rotatable bonds is 9. The van der Waals surface area contributed by atoms with E-state index in [0.29, 0.717) is 23.5 Å². The van der Waals surface area contributed by atoms with Crippen LogP contribution < -0.4 is 10.6 Å². The number of hydrogen-bond acceptors (Lipinski definition) is 6. The van der Waals surface area contributed by atoms with Crippen LogP contribution in [-0.4, -0.2) is 44.9 Å². The van der Waals surface area contributed by atoms with E-state index in [4.69, 9.17) is 0 Å². The summed E-state index contributed by atoms with van der Waals surface area (Å²) >= 11 is 1.41. The molecular formula is C38H44N4O4S. The van der Waals surface area contributed by atoms with Crippen molar-refractivity contribution >= 4 is 29.1 Å². The van der Waals surface area contributed by atoms with Gasteiger partial charge in [0.15, 0.2) is 5.82 Å². The Balaban J connectivity index is 1.31. The number of aliphatic carboxylic acids is 1. The maximum atomic E-state index is 13.6. The predicted molar refractivity (Wildman–Crippen MR) is 186 cm³/mol. The average molecular weight is 653 g/mol. The van der Waals surface area contributed by atoms with Crippen LogP contribution in [0, 0.1) is 5.92 Å². The molecular weight excluding hydrogens is 609 g/mol. The summed E-state index contributed by atoms with van der Waals surface area (Å²) in [7, 11) is 0. The van der Waals surface area contributed by atoms with Crippen LogP contribution in [0.1, 0.15) is 86.5 Å². The number of nitrogens with zero attached hydrogens (tertiary/aromatic N) is 2. The molecule has 4 aromatic rings. The Morgan fingerprint density at radius 3 is 2.04 bits per heavy atom. The van der Waals surface area contributed by atoms with Crippen molar-refractivity contribution in [3.63, 3.8) is 0 Å². The molecule has 1 aliphatic rings. The molecule has 2 aromatic heterocycles. The van der Waals surface area contributed by atoms with E-state index in [1.54, 1.807) is 6.07 Å². The summed E-state index contributed by atoms with van der Waals surface area (Å²) in [4.78, 5) is 49.5. The maximum Gasteiger partial charge on any atom is 0.308 e. The van der Waals surface area contributed by atoms with Gasteiger partial charge < -0.3 is 15.7 Å². The summed E-state index contributed by atoms with van der Waals surface area (Å²) in [6.45, 7) is 12.8. The van der Waals surface area contributed by atoms with E-state index in [2.05, 4.69) is 86.4 Å². The first-order valence-corrected chi connectivity index (χ1v) is 17.0. The summed E-state index contributed by atoms with van der Waals surface area (Å²) in [6, 6.07) is 18.5. The topological polar surface area (TPSA) is 121 Å². The van der Waals surface area contributed by atoms with Crippen LogP contribution in [0.25, 0.3) is 22.5 Å². The van der Waals surface area contributed by atoms with Crippen molar-refractivity contribution < 1.29 is 19.5 Å². The lowest BCUT2D eigenvalue weighted by Gasteiger charge is -2.23. The number of carbonyl (C=O) groups is 3. The van der Waals surface area contributed by atoms with Crippen molar-refractivity contribution in [3.05, 3.63) is 93.9 Å². The standard InChI is InChI=1S/C38H44N4O4S/c1-37(2,3)27-16-14-24(15-17-27)26-21-39-33(40-22-26)25-12-10-23(11-13-25)20-30(34(43)41-29-9-7-8-28(29)36(45)46)42-35(44)31-18-19-32(47-31)38(4,5)6/h10-19,21-22,28-30H,7-9,20H2,1-6H3,(H,41,43)(H,42,44)(H,45,46)/t28-,29+,30+/m1/s1. The van der Waals surface area contributed by atoms with E-state index in [1.165, 1.54) is 16.9 Å². The van der Waals surface area contributed by atoms with Gasteiger partial charge in [-0.05, 0) is 52.5 Å². The monoisotopic (exact) mass is 652 g/mol. The van der Waals surface area contributed by atoms with Gasteiger partial charge in [-0.15, -0.1) is 11.3 Å². The summed E-state index contributed by atoms with van der Waals surface area (Å²) in [5.41, 5.74) is 4.91. The summed E-state index contributed by atoms with van der Waals surface area (Å²) in [5.74, 6) is -1.67. The van der Waals surface area contributed by atoms with Gasteiger partial charge in [-0.25, -0.2) is 9.97 Å². The van der Waals surface area contributed by atoms with Crippen molar-refractivity contribution in [1.29, 1.82) is 0 Å². The molecule has 47 heavy (non-hydrogen) atoms. The van der Waals surface area contributed by atoms with Gasteiger partial charge in [0.05, 0.1) is 10.8 Å². The number of nitrogens with one attached hydrogen (secondary N) is 2. The number of aromatic nitrogens is 2. The third-order valence-corrected chi connectivity index (χ3v) is 10.2. The first-order valence-electron chi connectivity index (χ1n) is 16.2. The Hall–Kier alpha value is -4.37. The summed E-state index contributed by atoms with van der Waals surface area (Å²) in [6.07, 6.45) is 5.74. The molecule has 0 saturated heterocycles. The quantitative estimate of drug-likeness (QED) is 0.176. The molecule has 0 aliphatic heterocycles. The van der Waals surface area contributed by atoms with Gasteiger partial charge in [0.25, 0.3) is 5.91 Å². The smallest absolute Gasteiger partial charge is 0.308 e. The van der Waals surface area contributed by atoms with E-state index in [0.717, 1.165) is 33.6 Å². The van der Waals surface area contributed by atoms with Gasteiger partial charge in [0, 0.05) is 40.9 Å². The van der Waals surface area contributed by atoms with Gasteiger partial charge in [-0.3, -0.25) is 14.4 Å². The van der Waals surface area contributed by atoms with Crippen molar-refractivity contribution in [3.8, 4) is 22.5 Å². The molecule has 2 aromatic carbocycles. The Kier molecular flexibility index (Phi) is 9.96. The predicted octanol–water partition coefficient (Wildman–Crippen LogP) is 7.18. The van der Waals surface area contributed by atoms with Crippen molar-refractivity contribution in [2.24, 2.45) is 5.92 Å². The fourth-order valence-electron chi connectivity index (χ4n) is 5.83. The molecule has 1 saturated carbocycles. The van der Waals surface area contributed by atoms with Crippen LogP contribution in [-0.2, 0) is 26.8 Å². The average Bonchev–Trinajstić information content (AvgIpc) is 3.72. The zero-order valence-electron chi connectivity index (χ0n) is 28.0. The second kappa shape index (κ2) is 13.8. The fraction of sp³-hybridized carbons (Fsp3) is 0.395. The largest absolute Gasteiger partial charge is 0.481 e. The molecule has 0 radical (unpaired) electrons. The molecule has 1 fully saturated rings. The molecule has 0 bridgehead atoms. The molecule has 5 rings (SSSR count). The molecule has 2 heterocycles. The highest BCUT2D eigenvalue weighted by Crippen LogP contribution is 2.30. The van der Waals surface area contributed by atoms with Crippen LogP contribution in [0.2, 0.25) is 0 Å². The molecule has 1 aliphatic carbocycles. The third kappa shape index (κ3) is 8.32.